The Morgan fingerprint density at radius 2 is 2.32 bits per heavy atom. The van der Waals surface area contributed by atoms with Gasteiger partial charge in [0.05, 0.1) is 25.2 Å². The molecule has 0 saturated heterocycles. The van der Waals surface area contributed by atoms with Gasteiger partial charge in [-0.05, 0) is 31.9 Å². The van der Waals surface area contributed by atoms with Crippen molar-refractivity contribution in [3.63, 3.8) is 0 Å². The number of ether oxygens (including phenoxy) is 1. The third kappa shape index (κ3) is 2.89. The molecule has 1 aliphatic carbocycles. The van der Waals surface area contributed by atoms with Crippen LogP contribution in [0.15, 0.2) is 36.8 Å². The van der Waals surface area contributed by atoms with Gasteiger partial charge in [-0.15, -0.1) is 0 Å². The lowest BCUT2D eigenvalue weighted by Crippen LogP contribution is -2.06. The van der Waals surface area contributed by atoms with E-state index < -0.39 is 0 Å². The fourth-order valence-corrected chi connectivity index (χ4v) is 2.21. The summed E-state index contributed by atoms with van der Waals surface area (Å²) in [5.41, 5.74) is 2.32. The van der Waals surface area contributed by atoms with Crippen molar-refractivity contribution in [1.29, 1.82) is 0 Å². The molecule has 1 N–H and O–H groups in total. The third-order valence-electron chi connectivity index (χ3n) is 3.31. The zero-order valence-corrected chi connectivity index (χ0v) is 11.2. The molecule has 4 nitrogen and oxygen atoms in total. The Hall–Kier alpha value is -1.97. The van der Waals surface area contributed by atoms with E-state index >= 15 is 0 Å². The molecule has 0 bridgehead atoms. The minimum absolute atomic E-state index is 0.675. The van der Waals surface area contributed by atoms with E-state index in [0.29, 0.717) is 12.6 Å². The van der Waals surface area contributed by atoms with Crippen molar-refractivity contribution in [3.05, 3.63) is 42.5 Å². The SMILES string of the molecule is CCOc1cccc(NCc2cncn2C2CC2)c1. The Balaban J connectivity index is 1.65. The molecular weight excluding hydrogens is 238 g/mol. The van der Waals surface area contributed by atoms with E-state index in [1.54, 1.807) is 0 Å². The minimum Gasteiger partial charge on any atom is -0.494 e. The van der Waals surface area contributed by atoms with Crippen LogP contribution in [0, 0.1) is 0 Å². The van der Waals surface area contributed by atoms with Crippen molar-refractivity contribution in [2.24, 2.45) is 0 Å². The molecule has 19 heavy (non-hydrogen) atoms. The summed E-state index contributed by atoms with van der Waals surface area (Å²) in [4.78, 5) is 4.24. The first-order valence-corrected chi connectivity index (χ1v) is 6.84. The smallest absolute Gasteiger partial charge is 0.121 e. The number of imidazole rings is 1. The molecule has 0 atom stereocenters. The van der Waals surface area contributed by atoms with E-state index in [2.05, 4.69) is 20.9 Å². The highest BCUT2D eigenvalue weighted by molar-refractivity contribution is 5.48. The first-order valence-electron chi connectivity index (χ1n) is 6.84. The lowest BCUT2D eigenvalue weighted by Gasteiger charge is -2.10. The van der Waals surface area contributed by atoms with Crippen LogP contribution in [-0.4, -0.2) is 16.2 Å². The van der Waals surface area contributed by atoms with E-state index in [9.17, 15) is 0 Å². The first-order chi connectivity index (χ1) is 9.36. The second-order valence-electron chi connectivity index (χ2n) is 4.84. The predicted octanol–water partition coefficient (Wildman–Crippen LogP) is 3.23. The Morgan fingerprint density at radius 1 is 1.42 bits per heavy atom. The summed E-state index contributed by atoms with van der Waals surface area (Å²) in [5, 5.41) is 3.43. The number of anilines is 1. The van der Waals surface area contributed by atoms with Crippen molar-refractivity contribution >= 4 is 5.69 Å². The highest BCUT2D eigenvalue weighted by Gasteiger charge is 2.24. The largest absolute Gasteiger partial charge is 0.494 e. The third-order valence-corrected chi connectivity index (χ3v) is 3.31. The van der Waals surface area contributed by atoms with Gasteiger partial charge in [0.1, 0.15) is 5.75 Å². The van der Waals surface area contributed by atoms with Crippen LogP contribution in [0.5, 0.6) is 5.75 Å². The van der Waals surface area contributed by atoms with Gasteiger partial charge in [-0.2, -0.15) is 0 Å². The van der Waals surface area contributed by atoms with Crippen LogP contribution in [0.25, 0.3) is 0 Å². The molecule has 1 aromatic heterocycles. The lowest BCUT2D eigenvalue weighted by molar-refractivity contribution is 0.340. The highest BCUT2D eigenvalue weighted by Crippen LogP contribution is 2.35. The van der Waals surface area contributed by atoms with Gasteiger partial charge in [-0.1, -0.05) is 6.07 Å². The number of rotatable bonds is 6. The predicted molar refractivity (Wildman–Crippen MR) is 75.4 cm³/mol. The fourth-order valence-electron chi connectivity index (χ4n) is 2.21. The van der Waals surface area contributed by atoms with Crippen LogP contribution in [0.2, 0.25) is 0 Å². The molecule has 2 aromatic rings. The number of nitrogens with zero attached hydrogens (tertiary/aromatic N) is 2. The van der Waals surface area contributed by atoms with Crippen molar-refractivity contribution in [2.45, 2.75) is 32.4 Å². The van der Waals surface area contributed by atoms with Crippen LogP contribution >= 0.6 is 0 Å². The summed E-state index contributed by atoms with van der Waals surface area (Å²) in [7, 11) is 0. The van der Waals surface area contributed by atoms with E-state index in [0.717, 1.165) is 18.0 Å². The van der Waals surface area contributed by atoms with Crippen LogP contribution < -0.4 is 10.1 Å². The quantitative estimate of drug-likeness (QED) is 0.863. The minimum atomic E-state index is 0.675. The molecule has 0 radical (unpaired) electrons. The number of benzene rings is 1. The van der Waals surface area contributed by atoms with Gasteiger partial charge in [0.2, 0.25) is 0 Å². The summed E-state index contributed by atoms with van der Waals surface area (Å²) in [6.45, 7) is 3.48. The van der Waals surface area contributed by atoms with Crippen molar-refractivity contribution in [1.82, 2.24) is 9.55 Å². The van der Waals surface area contributed by atoms with Crippen LogP contribution in [0.3, 0.4) is 0 Å². The van der Waals surface area contributed by atoms with Crippen molar-refractivity contribution < 1.29 is 4.74 Å². The topological polar surface area (TPSA) is 39.1 Å². The zero-order valence-electron chi connectivity index (χ0n) is 11.2. The summed E-state index contributed by atoms with van der Waals surface area (Å²) < 4.78 is 7.78. The Labute approximate surface area is 113 Å². The van der Waals surface area contributed by atoms with Gasteiger partial charge >= 0.3 is 0 Å². The zero-order chi connectivity index (χ0) is 13.1. The summed E-state index contributed by atoms with van der Waals surface area (Å²) in [5.74, 6) is 0.906. The Morgan fingerprint density at radius 3 is 3.11 bits per heavy atom. The normalized spacial score (nSPS) is 14.4. The van der Waals surface area contributed by atoms with Gasteiger partial charge in [0, 0.05) is 24.0 Å². The lowest BCUT2D eigenvalue weighted by atomic mass is 10.3. The molecule has 0 unspecified atom stereocenters. The second kappa shape index (κ2) is 5.34. The van der Waals surface area contributed by atoms with Crippen molar-refractivity contribution in [3.8, 4) is 5.75 Å². The molecule has 0 spiro atoms. The molecular formula is C15H19N3O. The Kier molecular flexibility index (Phi) is 3.40. The number of hydrogen-bond acceptors (Lipinski definition) is 3. The van der Waals surface area contributed by atoms with E-state index in [-0.39, 0.29) is 0 Å². The van der Waals surface area contributed by atoms with Crippen LogP contribution in [0.4, 0.5) is 5.69 Å². The Bertz CT molecular complexity index is 546. The average molecular weight is 257 g/mol. The first kappa shape index (κ1) is 12.1. The standard InChI is InChI=1S/C15H19N3O/c1-2-19-15-5-3-4-12(8-15)17-10-14-9-16-11-18(14)13-6-7-13/h3-5,8-9,11,13,17H,2,6-7,10H2,1H3. The maximum Gasteiger partial charge on any atom is 0.121 e. The number of aromatic nitrogens is 2. The van der Waals surface area contributed by atoms with E-state index in [4.69, 9.17) is 4.74 Å². The molecule has 1 saturated carbocycles. The molecule has 0 aliphatic heterocycles. The molecule has 1 fully saturated rings. The van der Waals surface area contributed by atoms with Crippen molar-refractivity contribution in [2.75, 3.05) is 11.9 Å². The van der Waals surface area contributed by atoms with E-state index in [1.165, 1.54) is 18.5 Å². The van der Waals surface area contributed by atoms with E-state index in [1.807, 2.05) is 37.6 Å². The highest BCUT2D eigenvalue weighted by atomic mass is 16.5. The fraction of sp³-hybridized carbons (Fsp3) is 0.400. The molecule has 3 rings (SSSR count). The molecule has 4 heteroatoms. The number of hydrogen-bond donors (Lipinski definition) is 1. The van der Waals surface area contributed by atoms with Gasteiger partial charge < -0.3 is 14.6 Å². The number of nitrogens with one attached hydrogen (secondary N) is 1. The molecule has 1 heterocycles. The monoisotopic (exact) mass is 257 g/mol. The van der Waals surface area contributed by atoms with Gasteiger partial charge in [-0.3, -0.25) is 0 Å². The second-order valence-corrected chi connectivity index (χ2v) is 4.84. The molecule has 1 aromatic carbocycles. The average Bonchev–Trinajstić information content (AvgIpc) is 3.16. The van der Waals surface area contributed by atoms with Gasteiger partial charge in [0.25, 0.3) is 0 Å². The maximum atomic E-state index is 5.50. The summed E-state index contributed by atoms with van der Waals surface area (Å²) in [6.07, 6.45) is 6.44. The maximum absolute atomic E-state index is 5.50. The molecule has 0 amide bonds. The van der Waals surface area contributed by atoms with Gasteiger partial charge in [-0.25, -0.2) is 4.98 Å². The summed E-state index contributed by atoms with van der Waals surface area (Å²) >= 11 is 0. The van der Waals surface area contributed by atoms with Crippen LogP contribution in [-0.2, 0) is 6.54 Å². The molecule has 1 aliphatic rings. The molecule has 100 valence electrons. The van der Waals surface area contributed by atoms with Gasteiger partial charge in [0.15, 0.2) is 0 Å². The van der Waals surface area contributed by atoms with Crippen LogP contribution in [0.1, 0.15) is 31.5 Å². The summed E-state index contributed by atoms with van der Waals surface area (Å²) in [6, 6.07) is 8.74.